The average Bonchev–Trinajstić information content (AvgIpc) is 2.53. The number of ether oxygens (including phenoxy) is 1. The summed E-state index contributed by atoms with van der Waals surface area (Å²) in [6.45, 7) is 9.21. The van der Waals surface area contributed by atoms with E-state index in [1.54, 1.807) is 24.7 Å². The number of aromatic nitrogens is 2. The van der Waals surface area contributed by atoms with Gasteiger partial charge in [-0.25, -0.2) is 4.79 Å². The van der Waals surface area contributed by atoms with E-state index < -0.39 is 11.7 Å². The van der Waals surface area contributed by atoms with Gasteiger partial charge in [-0.1, -0.05) is 6.08 Å². The Kier molecular flexibility index (Phi) is 5.75. The monoisotopic (exact) mass is 340 g/mol. The van der Waals surface area contributed by atoms with Crippen LogP contribution in [0.25, 0.3) is 11.1 Å². The third kappa shape index (κ3) is 5.31. The van der Waals surface area contributed by atoms with Crippen LogP contribution in [0.2, 0.25) is 0 Å². The summed E-state index contributed by atoms with van der Waals surface area (Å²) in [5, 5.41) is 2.85. The first-order valence-electron chi connectivity index (χ1n) is 8.06. The summed E-state index contributed by atoms with van der Waals surface area (Å²) in [5.41, 5.74) is 8.50. The molecule has 0 spiro atoms. The Balaban J connectivity index is 2.27. The first kappa shape index (κ1) is 18.4. The number of carbonyl (C=O) groups excluding carboxylic acids is 1. The summed E-state index contributed by atoms with van der Waals surface area (Å²) in [6, 6.07) is 5.28. The summed E-state index contributed by atoms with van der Waals surface area (Å²) < 4.78 is 5.33. The fourth-order valence-electron chi connectivity index (χ4n) is 2.35. The molecule has 1 atom stereocenters. The van der Waals surface area contributed by atoms with E-state index in [-0.39, 0.29) is 6.04 Å². The number of hydrogen-bond donors (Lipinski definition) is 2. The smallest absolute Gasteiger partial charge is 0.408 e. The Morgan fingerprint density at radius 2 is 2.16 bits per heavy atom. The van der Waals surface area contributed by atoms with Gasteiger partial charge in [0.15, 0.2) is 0 Å². The minimum absolute atomic E-state index is 0.338. The molecule has 6 nitrogen and oxygen atoms in total. The van der Waals surface area contributed by atoms with E-state index in [2.05, 4.69) is 21.9 Å². The number of hydrogen-bond acceptors (Lipinski definition) is 5. The van der Waals surface area contributed by atoms with Gasteiger partial charge in [0.25, 0.3) is 0 Å². The third-order valence-corrected chi connectivity index (χ3v) is 3.39. The first-order chi connectivity index (χ1) is 11.8. The van der Waals surface area contributed by atoms with E-state index in [4.69, 9.17) is 10.5 Å². The number of anilines is 1. The Bertz CT molecular complexity index is 753. The fraction of sp³-hybridized carbons (Fsp3) is 0.316. The number of pyridine rings is 2. The standard InChI is InChI=1S/C19H24N4O2/c1-5-6-16(23-18(24)25-19(2,3)4)17-11-13(7-10-22-17)14-8-9-21-12-15(14)20/h5,7-12,16H,1,6,20H2,2-4H3,(H,23,24)/t16-/m0/s1. The van der Waals surface area contributed by atoms with Crippen molar-refractivity contribution in [2.45, 2.75) is 38.8 Å². The van der Waals surface area contributed by atoms with Gasteiger partial charge in [0.05, 0.1) is 23.6 Å². The third-order valence-electron chi connectivity index (χ3n) is 3.39. The Labute approximate surface area is 148 Å². The average molecular weight is 340 g/mol. The van der Waals surface area contributed by atoms with Gasteiger partial charge in [-0.3, -0.25) is 9.97 Å². The van der Waals surface area contributed by atoms with E-state index in [1.807, 2.05) is 39.0 Å². The molecule has 0 aromatic carbocycles. The summed E-state index contributed by atoms with van der Waals surface area (Å²) >= 11 is 0. The second-order valence-electron chi connectivity index (χ2n) is 6.66. The number of nitrogen functional groups attached to an aromatic ring is 1. The Hall–Kier alpha value is -2.89. The highest BCUT2D eigenvalue weighted by molar-refractivity contribution is 5.75. The molecule has 0 saturated carbocycles. The van der Waals surface area contributed by atoms with Gasteiger partial charge < -0.3 is 15.8 Å². The van der Waals surface area contributed by atoms with Crippen LogP contribution >= 0.6 is 0 Å². The molecular formula is C19H24N4O2. The molecule has 6 heteroatoms. The van der Waals surface area contributed by atoms with Gasteiger partial charge in [0, 0.05) is 18.0 Å². The van der Waals surface area contributed by atoms with Crippen molar-refractivity contribution in [2.75, 3.05) is 5.73 Å². The highest BCUT2D eigenvalue weighted by Crippen LogP contribution is 2.27. The van der Waals surface area contributed by atoms with E-state index in [0.29, 0.717) is 17.8 Å². The zero-order valence-corrected chi connectivity index (χ0v) is 14.8. The van der Waals surface area contributed by atoms with Crippen LogP contribution in [-0.2, 0) is 4.74 Å². The highest BCUT2D eigenvalue weighted by atomic mass is 16.6. The lowest BCUT2D eigenvalue weighted by Gasteiger charge is -2.23. The molecular weight excluding hydrogens is 316 g/mol. The van der Waals surface area contributed by atoms with Gasteiger partial charge in [0.1, 0.15) is 5.60 Å². The van der Waals surface area contributed by atoms with Crippen LogP contribution in [-0.4, -0.2) is 21.7 Å². The quantitative estimate of drug-likeness (QED) is 0.806. The number of amides is 1. The molecule has 2 rings (SSSR count). The first-order valence-corrected chi connectivity index (χ1v) is 8.06. The number of carbonyl (C=O) groups is 1. The normalized spacial score (nSPS) is 12.3. The molecule has 132 valence electrons. The molecule has 2 heterocycles. The number of nitrogens with one attached hydrogen (secondary N) is 1. The van der Waals surface area contributed by atoms with Crippen molar-refractivity contribution in [2.24, 2.45) is 0 Å². The number of nitrogens with two attached hydrogens (primary N) is 1. The zero-order chi connectivity index (χ0) is 18.4. The second kappa shape index (κ2) is 7.79. The predicted octanol–water partition coefficient (Wildman–Crippen LogP) is 3.87. The van der Waals surface area contributed by atoms with Crippen molar-refractivity contribution in [3.8, 4) is 11.1 Å². The molecule has 3 N–H and O–H groups in total. The lowest BCUT2D eigenvalue weighted by atomic mass is 10.0. The van der Waals surface area contributed by atoms with Gasteiger partial charge in [0.2, 0.25) is 0 Å². The molecule has 0 saturated heterocycles. The van der Waals surface area contributed by atoms with Crippen molar-refractivity contribution in [1.82, 2.24) is 15.3 Å². The summed E-state index contributed by atoms with van der Waals surface area (Å²) in [5.74, 6) is 0. The largest absolute Gasteiger partial charge is 0.444 e. The van der Waals surface area contributed by atoms with Crippen molar-refractivity contribution in [1.29, 1.82) is 0 Å². The molecule has 2 aromatic heterocycles. The fourth-order valence-corrected chi connectivity index (χ4v) is 2.35. The molecule has 25 heavy (non-hydrogen) atoms. The molecule has 2 aromatic rings. The van der Waals surface area contributed by atoms with Gasteiger partial charge in [-0.2, -0.15) is 0 Å². The SMILES string of the molecule is C=CC[C@H](NC(=O)OC(C)(C)C)c1cc(-c2ccncc2N)ccn1. The lowest BCUT2D eigenvalue weighted by Crippen LogP contribution is -2.35. The van der Waals surface area contributed by atoms with Crippen LogP contribution in [0.4, 0.5) is 10.5 Å². The van der Waals surface area contributed by atoms with Gasteiger partial charge >= 0.3 is 6.09 Å². The molecule has 0 aliphatic rings. The lowest BCUT2D eigenvalue weighted by molar-refractivity contribution is 0.0503. The van der Waals surface area contributed by atoms with Crippen molar-refractivity contribution in [3.63, 3.8) is 0 Å². The van der Waals surface area contributed by atoms with Crippen molar-refractivity contribution < 1.29 is 9.53 Å². The minimum atomic E-state index is -0.566. The van der Waals surface area contributed by atoms with E-state index in [1.165, 1.54) is 0 Å². The maximum absolute atomic E-state index is 12.1. The number of rotatable bonds is 5. The van der Waals surface area contributed by atoms with E-state index >= 15 is 0 Å². The van der Waals surface area contributed by atoms with E-state index in [9.17, 15) is 4.79 Å². The topological polar surface area (TPSA) is 90.1 Å². The van der Waals surface area contributed by atoms with Crippen molar-refractivity contribution in [3.05, 3.63) is 55.1 Å². The molecule has 1 amide bonds. The van der Waals surface area contributed by atoms with Crippen LogP contribution in [0.15, 0.2) is 49.4 Å². The van der Waals surface area contributed by atoms with Crippen LogP contribution in [0.3, 0.4) is 0 Å². The molecule has 0 aliphatic carbocycles. The van der Waals surface area contributed by atoms with Gasteiger partial charge in [-0.05, 0) is 51.0 Å². The van der Waals surface area contributed by atoms with Crippen LogP contribution in [0.5, 0.6) is 0 Å². The minimum Gasteiger partial charge on any atom is -0.444 e. The second-order valence-corrected chi connectivity index (χ2v) is 6.66. The molecule has 0 bridgehead atoms. The molecule has 0 unspecified atom stereocenters. The molecule has 0 aliphatic heterocycles. The van der Waals surface area contributed by atoms with Gasteiger partial charge in [-0.15, -0.1) is 6.58 Å². The summed E-state index contributed by atoms with van der Waals surface area (Å²) in [4.78, 5) is 20.5. The highest BCUT2D eigenvalue weighted by Gasteiger charge is 2.21. The van der Waals surface area contributed by atoms with Crippen LogP contribution < -0.4 is 11.1 Å². The molecule has 0 radical (unpaired) electrons. The maximum Gasteiger partial charge on any atom is 0.408 e. The number of alkyl carbamates (subject to hydrolysis) is 1. The van der Waals surface area contributed by atoms with Crippen LogP contribution in [0, 0.1) is 0 Å². The number of nitrogens with zero attached hydrogens (tertiary/aromatic N) is 2. The van der Waals surface area contributed by atoms with Crippen LogP contribution in [0.1, 0.15) is 38.9 Å². The van der Waals surface area contributed by atoms with Crippen molar-refractivity contribution >= 4 is 11.8 Å². The summed E-state index contributed by atoms with van der Waals surface area (Å²) in [7, 11) is 0. The molecule has 0 fully saturated rings. The summed E-state index contributed by atoms with van der Waals surface area (Å²) in [6.07, 6.45) is 6.76. The Morgan fingerprint density at radius 3 is 2.80 bits per heavy atom. The predicted molar refractivity (Wildman–Crippen MR) is 98.8 cm³/mol. The van der Waals surface area contributed by atoms with E-state index in [0.717, 1.165) is 11.1 Å². The maximum atomic E-state index is 12.1. The zero-order valence-electron chi connectivity index (χ0n) is 14.8. The Morgan fingerprint density at radius 1 is 1.40 bits per heavy atom.